The average Bonchev–Trinajstić information content (AvgIpc) is 2.83. The van der Waals surface area contributed by atoms with Crippen LogP contribution in [-0.4, -0.2) is 39.6 Å². The van der Waals surface area contributed by atoms with Gasteiger partial charge in [0, 0.05) is 32.4 Å². The van der Waals surface area contributed by atoms with Gasteiger partial charge in [0.1, 0.15) is 0 Å². The molecule has 1 N–H and O–H groups in total. The molecule has 2 heterocycles. The molecule has 0 saturated carbocycles. The number of nitrogens with one attached hydrogen (secondary N) is 1. The third kappa shape index (κ3) is 2.68. The van der Waals surface area contributed by atoms with Gasteiger partial charge in [-0.15, -0.1) is 0 Å². The highest BCUT2D eigenvalue weighted by Crippen LogP contribution is 2.18. The maximum atomic E-state index is 11.8. The molecule has 1 atom stereocenters. The molecule has 0 aromatic carbocycles. The zero-order valence-electron chi connectivity index (χ0n) is 11.8. The minimum atomic E-state index is -0.405. The predicted octanol–water partition coefficient (Wildman–Crippen LogP) is 0.390. The molecule has 6 heteroatoms. The molecule has 1 aliphatic heterocycles. The van der Waals surface area contributed by atoms with E-state index < -0.39 is 6.04 Å². The van der Waals surface area contributed by atoms with E-state index >= 15 is 0 Å². The van der Waals surface area contributed by atoms with Gasteiger partial charge < -0.3 is 5.32 Å². The van der Waals surface area contributed by atoms with Gasteiger partial charge in [0.05, 0.1) is 18.2 Å². The molecule has 104 valence electrons. The molecular formula is C13H20N4O2. The maximum absolute atomic E-state index is 11.8. The Labute approximate surface area is 112 Å². The lowest BCUT2D eigenvalue weighted by Gasteiger charge is -2.11. The molecule has 6 nitrogen and oxygen atoms in total. The van der Waals surface area contributed by atoms with E-state index in [9.17, 15) is 9.59 Å². The summed E-state index contributed by atoms with van der Waals surface area (Å²) in [6.45, 7) is 4.73. The van der Waals surface area contributed by atoms with Crippen LogP contribution in [0, 0.1) is 0 Å². The molecule has 1 unspecified atom stereocenters. The summed E-state index contributed by atoms with van der Waals surface area (Å²) in [5.74, 6) is 0.0549. The number of hydrogen-bond donors (Lipinski definition) is 1. The highest BCUT2D eigenvalue weighted by molar-refractivity contribution is 6.05. The third-order valence-corrected chi connectivity index (χ3v) is 3.40. The molecule has 0 bridgehead atoms. The number of likely N-dealkylation sites (N-methyl/N-ethyl adjacent to an activating group) is 1. The second kappa shape index (κ2) is 5.13. The van der Waals surface area contributed by atoms with Crippen LogP contribution in [0.1, 0.15) is 37.4 Å². The average molecular weight is 264 g/mol. The van der Waals surface area contributed by atoms with E-state index in [-0.39, 0.29) is 18.2 Å². The number of carbonyl (C=O) groups excluding carboxylic acids is 2. The minimum Gasteiger partial charge on any atom is -0.301 e. The quantitative estimate of drug-likeness (QED) is 0.799. The van der Waals surface area contributed by atoms with Gasteiger partial charge in [0.25, 0.3) is 0 Å². The molecule has 2 rings (SSSR count). The fraction of sp³-hybridized carbons (Fsp3) is 0.615. The second-order valence-electron chi connectivity index (χ2n) is 5.30. The lowest BCUT2D eigenvalue weighted by atomic mass is 10.1. The standard InChI is InChI=1S/C13H20N4O2/c1-8(2)12-9(7-16(3)15-12)6-14-10-5-11(18)17(4)13(10)19/h7-8,10,14H,5-6H2,1-4H3. The first-order valence-electron chi connectivity index (χ1n) is 6.46. The van der Waals surface area contributed by atoms with Crippen LogP contribution in [0.4, 0.5) is 0 Å². The Morgan fingerprint density at radius 3 is 2.63 bits per heavy atom. The number of amides is 2. The van der Waals surface area contributed by atoms with E-state index in [1.165, 1.54) is 11.9 Å². The van der Waals surface area contributed by atoms with Crippen molar-refractivity contribution in [2.75, 3.05) is 7.05 Å². The fourth-order valence-corrected chi connectivity index (χ4v) is 2.33. The van der Waals surface area contributed by atoms with E-state index in [0.717, 1.165) is 11.3 Å². The molecule has 1 fully saturated rings. The summed E-state index contributed by atoms with van der Waals surface area (Å²) in [6.07, 6.45) is 2.19. The van der Waals surface area contributed by atoms with Crippen molar-refractivity contribution in [3.8, 4) is 0 Å². The van der Waals surface area contributed by atoms with Crippen molar-refractivity contribution >= 4 is 11.8 Å². The second-order valence-corrected chi connectivity index (χ2v) is 5.30. The number of rotatable bonds is 4. The SMILES string of the molecule is CC(C)c1nn(C)cc1CNC1CC(=O)N(C)C1=O. The van der Waals surface area contributed by atoms with Crippen LogP contribution >= 0.6 is 0 Å². The first kappa shape index (κ1) is 13.7. The van der Waals surface area contributed by atoms with Crippen molar-refractivity contribution in [2.45, 2.75) is 38.8 Å². The lowest BCUT2D eigenvalue weighted by molar-refractivity contribution is -0.137. The Bertz CT molecular complexity index is 507. The van der Waals surface area contributed by atoms with Crippen LogP contribution in [0.15, 0.2) is 6.20 Å². The van der Waals surface area contributed by atoms with Gasteiger partial charge in [-0.05, 0) is 5.92 Å². The van der Waals surface area contributed by atoms with Crippen molar-refractivity contribution in [2.24, 2.45) is 7.05 Å². The highest BCUT2D eigenvalue weighted by atomic mass is 16.2. The maximum Gasteiger partial charge on any atom is 0.246 e. The number of aryl methyl sites for hydroxylation is 1. The number of nitrogens with zero attached hydrogens (tertiary/aromatic N) is 3. The van der Waals surface area contributed by atoms with E-state index in [4.69, 9.17) is 0 Å². The molecule has 0 aliphatic carbocycles. The number of carbonyl (C=O) groups is 2. The summed E-state index contributed by atoms with van der Waals surface area (Å²) < 4.78 is 1.78. The van der Waals surface area contributed by atoms with E-state index in [0.29, 0.717) is 12.5 Å². The van der Waals surface area contributed by atoms with Crippen LogP contribution < -0.4 is 5.32 Å². The zero-order chi connectivity index (χ0) is 14.2. The first-order valence-corrected chi connectivity index (χ1v) is 6.46. The number of likely N-dealkylation sites (tertiary alicyclic amines) is 1. The third-order valence-electron chi connectivity index (χ3n) is 3.40. The fourth-order valence-electron chi connectivity index (χ4n) is 2.33. The van der Waals surface area contributed by atoms with Crippen LogP contribution in [0.5, 0.6) is 0 Å². The minimum absolute atomic E-state index is 0.127. The van der Waals surface area contributed by atoms with E-state index in [2.05, 4.69) is 24.3 Å². The van der Waals surface area contributed by atoms with Gasteiger partial charge >= 0.3 is 0 Å². The summed E-state index contributed by atoms with van der Waals surface area (Å²) >= 11 is 0. The van der Waals surface area contributed by atoms with Gasteiger partial charge in [0.15, 0.2) is 0 Å². The van der Waals surface area contributed by atoms with Gasteiger partial charge in [0.2, 0.25) is 11.8 Å². The topological polar surface area (TPSA) is 67.2 Å². The Morgan fingerprint density at radius 2 is 2.11 bits per heavy atom. The van der Waals surface area contributed by atoms with E-state index in [1.807, 2.05) is 13.2 Å². The molecule has 0 radical (unpaired) electrons. The van der Waals surface area contributed by atoms with Crippen LogP contribution in [0.25, 0.3) is 0 Å². The summed E-state index contributed by atoms with van der Waals surface area (Å²) in [6, 6.07) is -0.405. The normalized spacial score (nSPS) is 19.8. The molecule has 0 spiro atoms. The van der Waals surface area contributed by atoms with Gasteiger partial charge in [-0.25, -0.2) is 0 Å². The smallest absolute Gasteiger partial charge is 0.246 e. The summed E-state index contributed by atoms with van der Waals surface area (Å²) in [5.41, 5.74) is 2.10. The van der Waals surface area contributed by atoms with Crippen molar-refractivity contribution < 1.29 is 9.59 Å². The monoisotopic (exact) mass is 264 g/mol. The molecule has 1 aromatic heterocycles. The van der Waals surface area contributed by atoms with Crippen molar-refractivity contribution in [1.82, 2.24) is 20.0 Å². The number of imide groups is 1. The zero-order valence-corrected chi connectivity index (χ0v) is 11.8. The summed E-state index contributed by atoms with van der Waals surface area (Å²) in [4.78, 5) is 24.4. The largest absolute Gasteiger partial charge is 0.301 e. The Morgan fingerprint density at radius 1 is 1.42 bits per heavy atom. The molecule has 1 aliphatic rings. The molecule has 19 heavy (non-hydrogen) atoms. The van der Waals surface area contributed by atoms with Gasteiger partial charge in [-0.2, -0.15) is 5.10 Å². The Hall–Kier alpha value is -1.69. The highest BCUT2D eigenvalue weighted by Gasteiger charge is 2.35. The lowest BCUT2D eigenvalue weighted by Crippen LogP contribution is -2.36. The van der Waals surface area contributed by atoms with Crippen LogP contribution in [-0.2, 0) is 23.2 Å². The van der Waals surface area contributed by atoms with Crippen LogP contribution in [0.2, 0.25) is 0 Å². The molecule has 1 saturated heterocycles. The molecule has 2 amide bonds. The van der Waals surface area contributed by atoms with Crippen molar-refractivity contribution in [3.63, 3.8) is 0 Å². The number of hydrogen-bond acceptors (Lipinski definition) is 4. The van der Waals surface area contributed by atoms with Crippen molar-refractivity contribution in [3.05, 3.63) is 17.5 Å². The Kier molecular flexibility index (Phi) is 3.71. The summed E-state index contributed by atoms with van der Waals surface area (Å²) in [5, 5.41) is 7.57. The van der Waals surface area contributed by atoms with Gasteiger partial charge in [-0.1, -0.05) is 13.8 Å². The first-order chi connectivity index (χ1) is 8.90. The summed E-state index contributed by atoms with van der Waals surface area (Å²) in [7, 11) is 3.41. The van der Waals surface area contributed by atoms with Gasteiger partial charge in [-0.3, -0.25) is 19.2 Å². The van der Waals surface area contributed by atoms with Crippen molar-refractivity contribution in [1.29, 1.82) is 0 Å². The van der Waals surface area contributed by atoms with E-state index in [1.54, 1.807) is 4.68 Å². The molecule has 1 aromatic rings. The molecular weight excluding hydrogens is 244 g/mol. The predicted molar refractivity (Wildman–Crippen MR) is 70.3 cm³/mol. The van der Waals surface area contributed by atoms with Crippen LogP contribution in [0.3, 0.4) is 0 Å². The Balaban J connectivity index is 2.04. The number of aromatic nitrogens is 2.